The monoisotopic (exact) mass is 397 g/mol. The van der Waals surface area contributed by atoms with E-state index in [9.17, 15) is 22.8 Å². The molecule has 148 valence electrons. The molecular weight excluding hydrogens is 374 g/mol. The molecule has 0 aromatic heterocycles. The summed E-state index contributed by atoms with van der Waals surface area (Å²) in [5.74, 6) is -1.50. The van der Waals surface area contributed by atoms with Gasteiger partial charge < -0.3 is 15.4 Å². The third-order valence-electron chi connectivity index (χ3n) is 3.84. The van der Waals surface area contributed by atoms with Gasteiger partial charge in [0.1, 0.15) is 6.54 Å². The van der Waals surface area contributed by atoms with E-state index < -0.39 is 34.5 Å². The Bertz CT molecular complexity index is 818. The molecule has 1 aliphatic rings. The van der Waals surface area contributed by atoms with E-state index in [-0.39, 0.29) is 16.8 Å². The minimum atomic E-state index is -3.93. The number of likely N-dealkylation sites (N-methyl/N-ethyl adjacent to an activating group) is 1. The number of nitrogens with one attached hydrogen (secondary N) is 2. The first-order valence-electron chi connectivity index (χ1n) is 8.43. The van der Waals surface area contributed by atoms with Crippen molar-refractivity contribution in [3.8, 4) is 0 Å². The van der Waals surface area contributed by atoms with E-state index in [1.54, 1.807) is 0 Å². The quantitative estimate of drug-likeness (QED) is 0.615. The summed E-state index contributed by atoms with van der Waals surface area (Å²) in [5, 5.41) is 5.24. The van der Waals surface area contributed by atoms with Gasteiger partial charge >= 0.3 is 5.97 Å². The molecule has 1 aromatic carbocycles. The Morgan fingerprint density at radius 2 is 1.81 bits per heavy atom. The highest BCUT2D eigenvalue weighted by Gasteiger charge is 2.29. The molecule has 2 amide bonds. The summed E-state index contributed by atoms with van der Waals surface area (Å²) in [5.41, 5.74) is 0.457. The Labute approximate surface area is 158 Å². The summed E-state index contributed by atoms with van der Waals surface area (Å²) in [6.07, 6.45) is 0.827. The highest BCUT2D eigenvalue weighted by molar-refractivity contribution is 7.89. The smallest absolute Gasteiger partial charge is 0.322 e. The first-order chi connectivity index (χ1) is 12.6. The topological polar surface area (TPSA) is 122 Å². The summed E-state index contributed by atoms with van der Waals surface area (Å²) in [4.78, 5) is 34.7. The fourth-order valence-corrected chi connectivity index (χ4v) is 3.31. The van der Waals surface area contributed by atoms with Crippen LogP contribution in [0.4, 0.5) is 5.69 Å². The van der Waals surface area contributed by atoms with Crippen molar-refractivity contribution in [3.63, 3.8) is 0 Å². The van der Waals surface area contributed by atoms with Gasteiger partial charge in [0.25, 0.3) is 5.91 Å². The number of hydrogen-bond acceptors (Lipinski definition) is 6. The zero-order valence-electron chi connectivity index (χ0n) is 15.4. The molecule has 0 spiro atoms. The first kappa shape index (κ1) is 20.8. The summed E-state index contributed by atoms with van der Waals surface area (Å²) in [6.45, 7) is 2.25. The van der Waals surface area contributed by atoms with Crippen LogP contribution in [0, 0.1) is 0 Å². The van der Waals surface area contributed by atoms with E-state index in [1.807, 2.05) is 0 Å². The minimum absolute atomic E-state index is 0.0357. The van der Waals surface area contributed by atoms with Crippen LogP contribution < -0.4 is 10.6 Å². The van der Waals surface area contributed by atoms with Gasteiger partial charge in [0.05, 0.1) is 4.90 Å². The van der Waals surface area contributed by atoms with E-state index in [0.29, 0.717) is 5.69 Å². The van der Waals surface area contributed by atoms with Crippen LogP contribution in [0.5, 0.6) is 0 Å². The van der Waals surface area contributed by atoms with Gasteiger partial charge in [-0.2, -0.15) is 4.31 Å². The Hall–Kier alpha value is -2.46. The number of carbonyl (C=O) groups is 3. The van der Waals surface area contributed by atoms with Crippen molar-refractivity contribution in [2.45, 2.75) is 43.7 Å². The van der Waals surface area contributed by atoms with Gasteiger partial charge in [-0.25, -0.2) is 8.42 Å². The lowest BCUT2D eigenvalue weighted by molar-refractivity contribution is -0.154. The largest absolute Gasteiger partial charge is 0.452 e. The predicted molar refractivity (Wildman–Crippen MR) is 97.3 cm³/mol. The molecule has 0 heterocycles. The fourth-order valence-electron chi connectivity index (χ4n) is 2.19. The standard InChI is InChI=1S/C17H23N3O6S/c1-11(17(23)19-14-4-5-14)26-16(22)10-20(3)27(24,25)15-8-6-13(7-9-15)18-12(2)21/h6-9,11,14H,4-5,10H2,1-3H3,(H,18,21)(H,19,23)/t11-/m0/s1. The first-order valence-corrected chi connectivity index (χ1v) is 9.87. The lowest BCUT2D eigenvalue weighted by Crippen LogP contribution is -2.40. The number of sulfonamides is 1. The van der Waals surface area contributed by atoms with Crippen molar-refractivity contribution in [1.29, 1.82) is 0 Å². The Morgan fingerprint density at radius 3 is 2.33 bits per heavy atom. The van der Waals surface area contributed by atoms with Gasteiger partial charge in [-0.05, 0) is 44.0 Å². The zero-order chi connectivity index (χ0) is 20.2. The minimum Gasteiger partial charge on any atom is -0.452 e. The number of esters is 1. The van der Waals surface area contributed by atoms with E-state index in [0.717, 1.165) is 17.1 Å². The number of nitrogens with zero attached hydrogens (tertiary/aromatic N) is 1. The SMILES string of the molecule is CC(=O)Nc1ccc(S(=O)(=O)N(C)CC(=O)O[C@@H](C)C(=O)NC2CC2)cc1. The predicted octanol–water partition coefficient (Wildman–Crippen LogP) is 0.476. The number of anilines is 1. The summed E-state index contributed by atoms with van der Waals surface area (Å²) in [6, 6.07) is 5.69. The van der Waals surface area contributed by atoms with Crippen molar-refractivity contribution in [1.82, 2.24) is 9.62 Å². The van der Waals surface area contributed by atoms with Crippen molar-refractivity contribution >= 4 is 33.5 Å². The van der Waals surface area contributed by atoms with Crippen LogP contribution in [-0.2, 0) is 29.1 Å². The van der Waals surface area contributed by atoms with Crippen molar-refractivity contribution in [2.24, 2.45) is 0 Å². The number of benzene rings is 1. The molecule has 0 unspecified atom stereocenters. The lowest BCUT2D eigenvalue weighted by Gasteiger charge is -2.18. The average molecular weight is 397 g/mol. The van der Waals surface area contributed by atoms with Crippen LogP contribution in [0.2, 0.25) is 0 Å². The molecule has 1 aliphatic carbocycles. The summed E-state index contributed by atoms with van der Waals surface area (Å²) >= 11 is 0. The van der Waals surface area contributed by atoms with E-state index >= 15 is 0 Å². The van der Waals surface area contributed by atoms with Gasteiger partial charge in [-0.15, -0.1) is 0 Å². The number of hydrogen-bond donors (Lipinski definition) is 2. The summed E-state index contributed by atoms with van der Waals surface area (Å²) < 4.78 is 30.9. The molecule has 27 heavy (non-hydrogen) atoms. The fraction of sp³-hybridized carbons (Fsp3) is 0.471. The van der Waals surface area contributed by atoms with Gasteiger partial charge in [0, 0.05) is 25.7 Å². The van der Waals surface area contributed by atoms with E-state index in [2.05, 4.69) is 10.6 Å². The number of ether oxygens (including phenoxy) is 1. The highest BCUT2D eigenvalue weighted by Crippen LogP contribution is 2.19. The third kappa shape index (κ3) is 6.04. The normalized spacial score (nSPS) is 15.1. The second kappa shape index (κ2) is 8.49. The molecule has 2 rings (SSSR count). The molecule has 1 saturated carbocycles. The van der Waals surface area contributed by atoms with Gasteiger partial charge in [-0.3, -0.25) is 14.4 Å². The molecule has 1 aromatic rings. The zero-order valence-corrected chi connectivity index (χ0v) is 16.2. The van der Waals surface area contributed by atoms with Crippen molar-refractivity contribution in [3.05, 3.63) is 24.3 Å². The van der Waals surface area contributed by atoms with Crippen molar-refractivity contribution < 1.29 is 27.5 Å². The molecule has 0 aliphatic heterocycles. The third-order valence-corrected chi connectivity index (χ3v) is 5.65. The van der Waals surface area contributed by atoms with Crippen LogP contribution in [-0.4, -0.2) is 56.2 Å². The van der Waals surface area contributed by atoms with Crippen LogP contribution in [0.25, 0.3) is 0 Å². The second-order valence-electron chi connectivity index (χ2n) is 6.38. The number of carbonyl (C=O) groups excluding carboxylic acids is 3. The average Bonchev–Trinajstić information content (AvgIpc) is 3.38. The van der Waals surface area contributed by atoms with E-state index in [4.69, 9.17) is 4.74 Å². The molecule has 10 heteroatoms. The molecule has 0 saturated heterocycles. The van der Waals surface area contributed by atoms with Gasteiger partial charge in [-0.1, -0.05) is 0 Å². The van der Waals surface area contributed by atoms with Crippen molar-refractivity contribution in [2.75, 3.05) is 18.9 Å². The maximum atomic E-state index is 12.5. The lowest BCUT2D eigenvalue weighted by atomic mass is 10.3. The molecule has 9 nitrogen and oxygen atoms in total. The molecular formula is C17H23N3O6S. The van der Waals surface area contributed by atoms with Crippen LogP contribution in [0.3, 0.4) is 0 Å². The van der Waals surface area contributed by atoms with Crippen LogP contribution in [0.1, 0.15) is 26.7 Å². The van der Waals surface area contributed by atoms with Gasteiger partial charge in [0.15, 0.2) is 6.10 Å². The maximum absolute atomic E-state index is 12.5. The highest BCUT2D eigenvalue weighted by atomic mass is 32.2. The van der Waals surface area contributed by atoms with Crippen LogP contribution >= 0.6 is 0 Å². The molecule has 0 radical (unpaired) electrons. The number of rotatable bonds is 8. The summed E-state index contributed by atoms with van der Waals surface area (Å²) in [7, 11) is -2.68. The Morgan fingerprint density at radius 1 is 1.22 bits per heavy atom. The van der Waals surface area contributed by atoms with Crippen LogP contribution in [0.15, 0.2) is 29.2 Å². The number of amides is 2. The van der Waals surface area contributed by atoms with E-state index in [1.165, 1.54) is 45.2 Å². The molecule has 1 fully saturated rings. The molecule has 1 atom stereocenters. The Balaban J connectivity index is 1.94. The molecule has 2 N–H and O–H groups in total. The second-order valence-corrected chi connectivity index (χ2v) is 8.43. The molecule has 0 bridgehead atoms. The maximum Gasteiger partial charge on any atom is 0.322 e. The van der Waals surface area contributed by atoms with Gasteiger partial charge in [0.2, 0.25) is 15.9 Å². The Kier molecular flexibility index (Phi) is 6.55.